The normalized spacial score (nSPS) is 10.8. The number of para-hydroxylation sites is 2. The van der Waals surface area contributed by atoms with Gasteiger partial charge in [-0.25, -0.2) is 0 Å². The summed E-state index contributed by atoms with van der Waals surface area (Å²) in [6, 6.07) is 17.2. The van der Waals surface area contributed by atoms with Crippen molar-refractivity contribution in [2.75, 3.05) is 0 Å². The molecule has 0 aromatic heterocycles. The predicted octanol–water partition coefficient (Wildman–Crippen LogP) is 9.87. The van der Waals surface area contributed by atoms with Gasteiger partial charge in [0, 0.05) is 6.92 Å². The molecule has 0 bridgehead atoms. The maximum atomic E-state index is 9.00. The highest BCUT2D eigenvalue weighted by Crippen LogP contribution is 2.30. The van der Waals surface area contributed by atoms with Crippen LogP contribution in [0.25, 0.3) is 0 Å². The van der Waals surface area contributed by atoms with Gasteiger partial charge >= 0.3 is 0 Å². The van der Waals surface area contributed by atoms with Crippen molar-refractivity contribution < 1.29 is 14.6 Å². The van der Waals surface area contributed by atoms with Crippen LogP contribution in [0.2, 0.25) is 0 Å². The predicted molar refractivity (Wildman–Crippen MR) is 150 cm³/mol. The Hall–Kier alpha value is -2.29. The quantitative estimate of drug-likeness (QED) is 0.242. The third-order valence-corrected chi connectivity index (χ3v) is 6.12. The molecule has 0 spiro atoms. The van der Waals surface area contributed by atoms with E-state index in [-0.39, 0.29) is 0 Å². The maximum Gasteiger partial charge on any atom is 0.300 e. The number of ether oxygens (including phenoxy) is 1. The Labute approximate surface area is 215 Å². The molecule has 3 heteroatoms. The van der Waals surface area contributed by atoms with Crippen LogP contribution in [0, 0.1) is 11.8 Å². The fourth-order valence-corrected chi connectivity index (χ4v) is 4.18. The lowest BCUT2D eigenvalue weighted by Crippen LogP contribution is -1.96. The van der Waals surface area contributed by atoms with Gasteiger partial charge in [-0.1, -0.05) is 115 Å². The number of hydrogen-bond acceptors (Lipinski definition) is 2. The van der Waals surface area contributed by atoms with E-state index in [9.17, 15) is 0 Å². The van der Waals surface area contributed by atoms with Crippen LogP contribution in [0.5, 0.6) is 11.5 Å². The molecule has 35 heavy (non-hydrogen) atoms. The van der Waals surface area contributed by atoms with E-state index in [0.717, 1.165) is 43.1 Å². The van der Waals surface area contributed by atoms with Gasteiger partial charge < -0.3 is 9.84 Å². The summed E-state index contributed by atoms with van der Waals surface area (Å²) in [4.78, 5) is 9.00. The Kier molecular flexibility index (Phi) is 16.7. The molecule has 0 aliphatic rings. The van der Waals surface area contributed by atoms with E-state index in [0.29, 0.717) is 0 Å². The van der Waals surface area contributed by atoms with Crippen molar-refractivity contribution in [3.8, 4) is 11.5 Å². The molecule has 0 unspecified atom stereocenters. The molecule has 0 saturated carbocycles. The summed E-state index contributed by atoms with van der Waals surface area (Å²) in [6.07, 6.45) is 15.5. The fourth-order valence-electron chi connectivity index (χ4n) is 4.18. The largest absolute Gasteiger partial charge is 0.481 e. The highest BCUT2D eigenvalue weighted by atomic mass is 16.5. The van der Waals surface area contributed by atoms with E-state index in [1.807, 2.05) is 0 Å². The molecule has 0 aliphatic carbocycles. The summed E-state index contributed by atoms with van der Waals surface area (Å²) in [5.41, 5.74) is 2.68. The van der Waals surface area contributed by atoms with Gasteiger partial charge in [0.15, 0.2) is 0 Å². The standard InChI is InChI=1S/C30H46O.C2H4O2/c1-25(2)17-9-5-7-11-19-27-21-13-15-23-29(27)31-30-24-16-14-22-28(30)20-12-8-6-10-18-26(3)4;1-2(3)4/h13-16,21-26H,5-12,17-20H2,1-4H3;1H3,(H,3,4). The van der Waals surface area contributed by atoms with Gasteiger partial charge in [0.1, 0.15) is 11.5 Å². The molecular formula is C32H50O3. The Morgan fingerprint density at radius 1 is 0.657 bits per heavy atom. The first-order valence-corrected chi connectivity index (χ1v) is 13.8. The van der Waals surface area contributed by atoms with E-state index in [2.05, 4.69) is 76.2 Å². The van der Waals surface area contributed by atoms with Crippen molar-refractivity contribution in [1.82, 2.24) is 0 Å². The van der Waals surface area contributed by atoms with E-state index in [4.69, 9.17) is 14.6 Å². The molecule has 0 aliphatic heterocycles. The summed E-state index contributed by atoms with van der Waals surface area (Å²) < 4.78 is 6.46. The zero-order valence-electron chi connectivity index (χ0n) is 23.0. The third-order valence-electron chi connectivity index (χ3n) is 6.12. The Bertz CT molecular complexity index is 744. The number of benzene rings is 2. The van der Waals surface area contributed by atoms with Crippen molar-refractivity contribution in [1.29, 1.82) is 0 Å². The van der Waals surface area contributed by atoms with Gasteiger partial charge in [-0.3, -0.25) is 4.79 Å². The highest BCUT2D eigenvalue weighted by Gasteiger charge is 2.08. The number of carbonyl (C=O) groups is 1. The Morgan fingerprint density at radius 3 is 1.37 bits per heavy atom. The topological polar surface area (TPSA) is 46.5 Å². The van der Waals surface area contributed by atoms with Crippen LogP contribution in [-0.2, 0) is 17.6 Å². The second kappa shape index (κ2) is 19.0. The zero-order valence-corrected chi connectivity index (χ0v) is 23.0. The second-order valence-corrected chi connectivity index (χ2v) is 10.5. The minimum Gasteiger partial charge on any atom is -0.481 e. The number of aryl methyl sites for hydroxylation is 2. The third kappa shape index (κ3) is 16.1. The molecule has 0 amide bonds. The summed E-state index contributed by atoms with van der Waals surface area (Å²) in [5, 5.41) is 7.42. The molecule has 0 saturated heterocycles. The van der Waals surface area contributed by atoms with Crippen molar-refractivity contribution in [2.45, 2.75) is 112 Å². The van der Waals surface area contributed by atoms with E-state index >= 15 is 0 Å². The minimum absolute atomic E-state index is 0.828. The van der Waals surface area contributed by atoms with Crippen molar-refractivity contribution in [3.05, 3.63) is 59.7 Å². The minimum atomic E-state index is -0.833. The van der Waals surface area contributed by atoms with Gasteiger partial charge in [0.05, 0.1) is 0 Å². The van der Waals surface area contributed by atoms with Crippen molar-refractivity contribution >= 4 is 5.97 Å². The molecule has 0 heterocycles. The molecular weight excluding hydrogens is 432 g/mol. The molecule has 3 nitrogen and oxygen atoms in total. The van der Waals surface area contributed by atoms with Crippen molar-refractivity contribution in [2.24, 2.45) is 11.8 Å². The van der Waals surface area contributed by atoms with Gasteiger partial charge in [0.2, 0.25) is 0 Å². The average Bonchev–Trinajstić information content (AvgIpc) is 2.79. The highest BCUT2D eigenvalue weighted by molar-refractivity contribution is 5.62. The van der Waals surface area contributed by atoms with Crippen LogP contribution < -0.4 is 4.74 Å². The van der Waals surface area contributed by atoms with Crippen LogP contribution >= 0.6 is 0 Å². The fraction of sp³-hybridized carbons (Fsp3) is 0.594. The van der Waals surface area contributed by atoms with Gasteiger partial charge in [-0.05, 0) is 60.8 Å². The monoisotopic (exact) mass is 482 g/mol. The van der Waals surface area contributed by atoms with Crippen LogP contribution in [0.15, 0.2) is 48.5 Å². The number of aliphatic carboxylic acids is 1. The summed E-state index contributed by atoms with van der Waals surface area (Å²) >= 11 is 0. The molecule has 0 fully saturated rings. The number of carboxylic acid groups (broad SMARTS) is 1. The molecule has 0 atom stereocenters. The first-order valence-electron chi connectivity index (χ1n) is 13.8. The summed E-state index contributed by atoms with van der Waals surface area (Å²) in [7, 11) is 0. The lowest BCUT2D eigenvalue weighted by Gasteiger charge is -2.14. The van der Waals surface area contributed by atoms with Crippen LogP contribution in [-0.4, -0.2) is 11.1 Å². The van der Waals surface area contributed by atoms with E-state index in [1.54, 1.807) is 0 Å². The molecule has 0 radical (unpaired) electrons. The second-order valence-electron chi connectivity index (χ2n) is 10.5. The lowest BCUT2D eigenvalue weighted by atomic mass is 10.0. The average molecular weight is 483 g/mol. The first-order chi connectivity index (χ1) is 16.8. The maximum absolute atomic E-state index is 9.00. The lowest BCUT2D eigenvalue weighted by molar-refractivity contribution is -0.134. The van der Waals surface area contributed by atoms with Gasteiger partial charge in [-0.2, -0.15) is 0 Å². The van der Waals surface area contributed by atoms with Crippen molar-refractivity contribution in [3.63, 3.8) is 0 Å². The molecule has 196 valence electrons. The molecule has 2 aromatic carbocycles. The van der Waals surface area contributed by atoms with Crippen LogP contribution in [0.4, 0.5) is 0 Å². The first kappa shape index (κ1) is 30.7. The number of unbranched alkanes of at least 4 members (excludes halogenated alkanes) is 6. The van der Waals surface area contributed by atoms with Crippen LogP contribution in [0.3, 0.4) is 0 Å². The zero-order chi connectivity index (χ0) is 25.9. The Balaban J connectivity index is 0.00000142. The van der Waals surface area contributed by atoms with E-state index < -0.39 is 5.97 Å². The van der Waals surface area contributed by atoms with Gasteiger partial charge in [-0.15, -0.1) is 0 Å². The SMILES string of the molecule is CC(=O)O.CC(C)CCCCCCc1ccccc1Oc1ccccc1CCCCCCC(C)C. The molecule has 1 N–H and O–H groups in total. The number of carboxylic acids is 1. The number of hydrogen-bond donors (Lipinski definition) is 1. The Morgan fingerprint density at radius 2 is 1.00 bits per heavy atom. The number of rotatable bonds is 16. The molecule has 2 rings (SSSR count). The summed E-state index contributed by atoms with van der Waals surface area (Å²) in [6.45, 7) is 10.4. The summed E-state index contributed by atoms with van der Waals surface area (Å²) in [5.74, 6) is 2.89. The van der Waals surface area contributed by atoms with Crippen LogP contribution in [0.1, 0.15) is 110 Å². The van der Waals surface area contributed by atoms with E-state index in [1.165, 1.54) is 75.3 Å². The van der Waals surface area contributed by atoms with Gasteiger partial charge in [0.25, 0.3) is 5.97 Å². The molecule has 2 aromatic rings. The smallest absolute Gasteiger partial charge is 0.300 e.